The molecule has 0 atom stereocenters. The molecule has 4 aromatic rings. The second-order valence-electron chi connectivity index (χ2n) is 8.17. The summed E-state index contributed by atoms with van der Waals surface area (Å²) in [5.74, 6) is 0.380. The molecule has 0 spiro atoms. The van der Waals surface area contributed by atoms with Gasteiger partial charge < -0.3 is 20.3 Å². The van der Waals surface area contributed by atoms with Crippen molar-refractivity contribution in [1.29, 1.82) is 0 Å². The first-order valence-electron chi connectivity index (χ1n) is 11.9. The molecule has 0 saturated heterocycles. The van der Waals surface area contributed by atoms with Crippen LogP contribution in [0.4, 0.5) is 17.1 Å². The van der Waals surface area contributed by atoms with Gasteiger partial charge in [-0.1, -0.05) is 60.7 Å². The molecule has 2 N–H and O–H groups in total. The van der Waals surface area contributed by atoms with Crippen LogP contribution >= 0.6 is 0 Å². The molecule has 0 aliphatic heterocycles. The van der Waals surface area contributed by atoms with Gasteiger partial charge in [0.15, 0.2) is 0 Å². The Morgan fingerprint density at radius 2 is 1.47 bits per heavy atom. The molecule has 0 saturated carbocycles. The maximum absolute atomic E-state index is 13.1. The van der Waals surface area contributed by atoms with Crippen LogP contribution in [0.1, 0.15) is 22.8 Å². The minimum atomic E-state index is -0.217. The molecule has 6 nitrogen and oxygen atoms in total. The van der Waals surface area contributed by atoms with Crippen LogP contribution < -0.4 is 20.3 Å². The van der Waals surface area contributed by atoms with E-state index in [1.54, 1.807) is 29.2 Å². The molecule has 0 heterocycles. The van der Waals surface area contributed by atoms with Crippen LogP contribution in [0.3, 0.4) is 0 Å². The lowest BCUT2D eigenvalue weighted by molar-refractivity contribution is -0.114. The number of hydrogen-bond acceptors (Lipinski definition) is 4. The lowest BCUT2D eigenvalue weighted by Gasteiger charge is -2.21. The van der Waals surface area contributed by atoms with Crippen LogP contribution in [-0.4, -0.2) is 24.9 Å². The predicted molar refractivity (Wildman–Crippen MR) is 145 cm³/mol. The molecule has 0 bridgehead atoms. The van der Waals surface area contributed by atoms with Gasteiger partial charge in [-0.15, -0.1) is 0 Å². The number of benzene rings is 4. The number of nitrogens with one attached hydrogen (secondary N) is 2. The van der Waals surface area contributed by atoms with Gasteiger partial charge in [-0.05, 0) is 55.0 Å². The van der Waals surface area contributed by atoms with E-state index < -0.39 is 0 Å². The summed E-state index contributed by atoms with van der Waals surface area (Å²) < 4.78 is 5.85. The Morgan fingerprint density at radius 1 is 0.778 bits per heavy atom. The van der Waals surface area contributed by atoms with Gasteiger partial charge in [-0.25, -0.2) is 0 Å². The first-order chi connectivity index (χ1) is 17.6. The topological polar surface area (TPSA) is 70.7 Å². The number of rotatable bonds is 10. The van der Waals surface area contributed by atoms with E-state index in [9.17, 15) is 9.59 Å². The summed E-state index contributed by atoms with van der Waals surface area (Å²) >= 11 is 0. The molecule has 0 unspecified atom stereocenters. The van der Waals surface area contributed by atoms with Crippen LogP contribution in [-0.2, 0) is 11.4 Å². The summed E-state index contributed by atoms with van der Waals surface area (Å²) in [6.45, 7) is 3.02. The second kappa shape index (κ2) is 12.2. The Morgan fingerprint density at radius 3 is 2.22 bits per heavy atom. The minimum absolute atomic E-state index is 0.0748. The van der Waals surface area contributed by atoms with Crippen LogP contribution in [0.25, 0.3) is 0 Å². The highest BCUT2D eigenvalue weighted by atomic mass is 16.5. The van der Waals surface area contributed by atoms with Crippen molar-refractivity contribution in [1.82, 2.24) is 0 Å². The van der Waals surface area contributed by atoms with E-state index in [2.05, 4.69) is 10.6 Å². The van der Waals surface area contributed by atoms with Crippen molar-refractivity contribution < 1.29 is 14.3 Å². The van der Waals surface area contributed by atoms with Crippen molar-refractivity contribution in [3.05, 3.63) is 120 Å². The number of ether oxygens (including phenoxy) is 1. The van der Waals surface area contributed by atoms with Crippen LogP contribution in [0.5, 0.6) is 5.75 Å². The molecular formula is C30H29N3O3. The van der Waals surface area contributed by atoms with Crippen molar-refractivity contribution in [2.45, 2.75) is 13.5 Å². The largest absolute Gasteiger partial charge is 0.489 e. The van der Waals surface area contributed by atoms with E-state index in [-0.39, 0.29) is 18.4 Å². The van der Waals surface area contributed by atoms with Crippen molar-refractivity contribution in [3.8, 4) is 5.75 Å². The Bertz CT molecular complexity index is 1290. The molecule has 4 rings (SSSR count). The molecule has 2 amide bonds. The molecule has 4 aromatic carbocycles. The Kier molecular flexibility index (Phi) is 8.33. The van der Waals surface area contributed by atoms with Gasteiger partial charge in [-0.3, -0.25) is 9.59 Å². The number of anilines is 3. The molecule has 0 aliphatic rings. The molecule has 36 heavy (non-hydrogen) atoms. The Hall–Kier alpha value is -4.58. The van der Waals surface area contributed by atoms with Crippen molar-refractivity contribution in [2.24, 2.45) is 0 Å². The highest BCUT2D eigenvalue weighted by Gasteiger charge is 2.16. The van der Waals surface area contributed by atoms with Crippen molar-refractivity contribution in [3.63, 3.8) is 0 Å². The Balaban J connectivity index is 1.32. The third kappa shape index (κ3) is 6.73. The molecule has 0 aliphatic carbocycles. The quantitative estimate of drug-likeness (QED) is 0.293. The van der Waals surface area contributed by atoms with Crippen molar-refractivity contribution in [2.75, 3.05) is 28.6 Å². The molecule has 182 valence electrons. The number of carbonyl (C=O) groups excluding carboxylic acids is 2. The van der Waals surface area contributed by atoms with Gasteiger partial charge >= 0.3 is 0 Å². The molecular weight excluding hydrogens is 450 g/mol. The van der Waals surface area contributed by atoms with E-state index in [1.165, 1.54) is 0 Å². The third-order valence-electron chi connectivity index (χ3n) is 5.56. The normalized spacial score (nSPS) is 10.4. The number of hydrogen-bond donors (Lipinski definition) is 2. The number of carbonyl (C=O) groups is 2. The minimum Gasteiger partial charge on any atom is -0.489 e. The van der Waals surface area contributed by atoms with Gasteiger partial charge in [0, 0.05) is 35.2 Å². The average molecular weight is 480 g/mol. The van der Waals surface area contributed by atoms with E-state index in [0.29, 0.717) is 24.4 Å². The first kappa shape index (κ1) is 24.5. The molecule has 6 heteroatoms. The molecule has 0 radical (unpaired) electrons. The molecule has 0 aromatic heterocycles. The fourth-order valence-electron chi connectivity index (χ4n) is 3.76. The van der Waals surface area contributed by atoms with Crippen LogP contribution in [0, 0.1) is 0 Å². The zero-order valence-corrected chi connectivity index (χ0v) is 20.2. The van der Waals surface area contributed by atoms with Gasteiger partial charge in [0.2, 0.25) is 5.91 Å². The van der Waals surface area contributed by atoms with Gasteiger partial charge in [0.05, 0.1) is 6.54 Å². The van der Waals surface area contributed by atoms with E-state index >= 15 is 0 Å². The second-order valence-corrected chi connectivity index (χ2v) is 8.17. The summed E-state index contributed by atoms with van der Waals surface area (Å²) in [6.07, 6.45) is 0. The van der Waals surface area contributed by atoms with Crippen LogP contribution in [0.15, 0.2) is 109 Å². The van der Waals surface area contributed by atoms with Crippen LogP contribution in [0.2, 0.25) is 0 Å². The standard InChI is InChI=1S/C30H29N3O3/c1-2-33(27-16-7-4-8-17-27)30(35)24-13-9-15-26(19-24)32-29(34)21-31-25-14-10-18-28(20-25)36-22-23-11-5-3-6-12-23/h3-20,31H,2,21-22H2,1H3,(H,32,34). The Labute approximate surface area is 211 Å². The summed E-state index contributed by atoms with van der Waals surface area (Å²) in [6, 6.07) is 34.0. The summed E-state index contributed by atoms with van der Waals surface area (Å²) in [4.78, 5) is 27.4. The molecule has 0 fully saturated rings. The monoisotopic (exact) mass is 479 g/mol. The predicted octanol–water partition coefficient (Wildman–Crippen LogP) is 5.98. The van der Waals surface area contributed by atoms with E-state index in [4.69, 9.17) is 4.74 Å². The first-order valence-corrected chi connectivity index (χ1v) is 11.9. The highest BCUT2D eigenvalue weighted by molar-refractivity contribution is 6.07. The van der Waals surface area contributed by atoms with Gasteiger partial charge in [0.25, 0.3) is 5.91 Å². The lowest BCUT2D eigenvalue weighted by atomic mass is 10.1. The lowest BCUT2D eigenvalue weighted by Crippen LogP contribution is -2.30. The summed E-state index contributed by atoms with van der Waals surface area (Å²) in [5.41, 5.74) is 3.77. The third-order valence-corrected chi connectivity index (χ3v) is 5.56. The zero-order chi connectivity index (χ0) is 25.2. The van der Waals surface area contributed by atoms with Crippen molar-refractivity contribution >= 4 is 28.9 Å². The number of amides is 2. The average Bonchev–Trinajstić information content (AvgIpc) is 2.93. The number of nitrogens with zero attached hydrogens (tertiary/aromatic N) is 1. The maximum Gasteiger partial charge on any atom is 0.258 e. The summed E-state index contributed by atoms with van der Waals surface area (Å²) in [7, 11) is 0. The van der Waals surface area contributed by atoms with Gasteiger partial charge in [0.1, 0.15) is 12.4 Å². The number of para-hydroxylation sites is 1. The smallest absolute Gasteiger partial charge is 0.258 e. The fourth-order valence-corrected chi connectivity index (χ4v) is 3.76. The fraction of sp³-hybridized carbons (Fsp3) is 0.133. The van der Waals surface area contributed by atoms with E-state index in [1.807, 2.05) is 91.9 Å². The SMILES string of the molecule is CCN(C(=O)c1cccc(NC(=O)CNc2cccc(OCc3ccccc3)c2)c1)c1ccccc1. The zero-order valence-electron chi connectivity index (χ0n) is 20.2. The summed E-state index contributed by atoms with van der Waals surface area (Å²) in [5, 5.41) is 5.98. The maximum atomic E-state index is 13.1. The van der Waals surface area contributed by atoms with E-state index in [0.717, 1.165) is 22.7 Å². The van der Waals surface area contributed by atoms with Gasteiger partial charge in [-0.2, -0.15) is 0 Å². The highest BCUT2D eigenvalue weighted by Crippen LogP contribution is 2.20.